The minimum atomic E-state index is -0.428. The van der Waals surface area contributed by atoms with Gasteiger partial charge in [-0.15, -0.1) is 0 Å². The molecular weight excluding hydrogens is 389 g/mol. The quantitative estimate of drug-likeness (QED) is 0.680. The Bertz CT molecular complexity index is 875. The Kier molecular flexibility index (Phi) is 5.28. The van der Waals surface area contributed by atoms with Crippen LogP contribution in [0.5, 0.6) is 0 Å². The van der Waals surface area contributed by atoms with Gasteiger partial charge in [0.15, 0.2) is 5.82 Å². The molecule has 0 saturated carbocycles. The Labute approximate surface area is 152 Å². The first-order valence-electron chi connectivity index (χ1n) is 7.84. The summed E-state index contributed by atoms with van der Waals surface area (Å²) in [5.41, 5.74) is 0.538. The zero-order valence-corrected chi connectivity index (χ0v) is 15.1. The lowest BCUT2D eigenvalue weighted by molar-refractivity contribution is -0.119. The van der Waals surface area contributed by atoms with Crippen LogP contribution >= 0.6 is 15.9 Å². The lowest BCUT2D eigenvalue weighted by atomic mass is 10.2. The van der Waals surface area contributed by atoms with E-state index in [0.29, 0.717) is 24.3 Å². The Morgan fingerprint density at radius 1 is 1.36 bits per heavy atom. The van der Waals surface area contributed by atoms with Crippen molar-refractivity contribution in [1.82, 2.24) is 19.6 Å². The van der Waals surface area contributed by atoms with Crippen LogP contribution in [0.1, 0.15) is 24.9 Å². The molecule has 0 bridgehead atoms. The highest BCUT2D eigenvalue weighted by Crippen LogP contribution is 2.17. The van der Waals surface area contributed by atoms with Crippen LogP contribution in [0.2, 0.25) is 0 Å². The molecule has 0 radical (unpaired) electrons. The summed E-state index contributed by atoms with van der Waals surface area (Å²) in [7, 11) is 0. The van der Waals surface area contributed by atoms with Crippen molar-refractivity contribution < 1.29 is 9.18 Å². The van der Waals surface area contributed by atoms with Crippen molar-refractivity contribution in [2.45, 2.75) is 25.9 Å². The normalized spacial score (nSPS) is 12.1. The van der Waals surface area contributed by atoms with E-state index in [0.717, 1.165) is 4.47 Å². The summed E-state index contributed by atoms with van der Waals surface area (Å²) in [6.45, 7) is 2.21. The molecule has 3 rings (SSSR count). The molecular formula is C17H17BrFN5O. The van der Waals surface area contributed by atoms with E-state index in [4.69, 9.17) is 0 Å². The third-order valence-corrected chi connectivity index (χ3v) is 4.17. The van der Waals surface area contributed by atoms with Crippen molar-refractivity contribution >= 4 is 27.7 Å². The number of carbonyl (C=O) groups is 1. The van der Waals surface area contributed by atoms with Crippen LogP contribution in [0.25, 0.3) is 0 Å². The minimum absolute atomic E-state index is 0.200. The molecule has 2 aromatic heterocycles. The van der Waals surface area contributed by atoms with Crippen molar-refractivity contribution in [3.63, 3.8) is 0 Å². The Balaban J connectivity index is 1.68. The minimum Gasteiger partial charge on any atom is -0.307 e. The lowest BCUT2D eigenvalue weighted by Crippen LogP contribution is -2.26. The molecule has 0 fully saturated rings. The van der Waals surface area contributed by atoms with Crippen molar-refractivity contribution in [2.75, 3.05) is 5.32 Å². The highest BCUT2D eigenvalue weighted by atomic mass is 79.9. The topological polar surface area (TPSA) is 64.7 Å². The third-order valence-electron chi connectivity index (χ3n) is 3.76. The van der Waals surface area contributed by atoms with E-state index in [2.05, 4.69) is 31.4 Å². The predicted molar refractivity (Wildman–Crippen MR) is 95.6 cm³/mol. The van der Waals surface area contributed by atoms with Crippen LogP contribution in [0, 0.1) is 5.82 Å². The van der Waals surface area contributed by atoms with Crippen molar-refractivity contribution in [3.05, 3.63) is 64.8 Å². The highest BCUT2D eigenvalue weighted by molar-refractivity contribution is 9.10. The molecule has 3 aromatic rings. The van der Waals surface area contributed by atoms with Crippen LogP contribution in [0.3, 0.4) is 0 Å². The van der Waals surface area contributed by atoms with E-state index in [-0.39, 0.29) is 11.7 Å². The van der Waals surface area contributed by atoms with Crippen LogP contribution in [0.4, 0.5) is 10.2 Å². The van der Waals surface area contributed by atoms with Gasteiger partial charge in [-0.3, -0.25) is 14.2 Å². The molecule has 0 aliphatic carbocycles. The van der Waals surface area contributed by atoms with Gasteiger partial charge < -0.3 is 5.32 Å². The second-order valence-corrected chi connectivity index (χ2v) is 6.46. The monoisotopic (exact) mass is 405 g/mol. The smallest absolute Gasteiger partial charge is 0.250 e. The van der Waals surface area contributed by atoms with Gasteiger partial charge in [0.05, 0.1) is 17.2 Å². The molecule has 25 heavy (non-hydrogen) atoms. The molecule has 1 unspecified atom stereocenters. The number of nitrogens with zero attached hydrogens (tertiary/aromatic N) is 4. The summed E-state index contributed by atoms with van der Waals surface area (Å²) in [5.74, 6) is -0.0563. The van der Waals surface area contributed by atoms with Gasteiger partial charge in [0.1, 0.15) is 11.9 Å². The molecule has 130 valence electrons. The Morgan fingerprint density at radius 2 is 2.16 bits per heavy atom. The SMILES string of the molecule is CCC(C(=O)Nc1ccn(Cc2ccccc2F)n1)n1cc(Br)cn1. The van der Waals surface area contributed by atoms with Gasteiger partial charge in [-0.1, -0.05) is 25.1 Å². The van der Waals surface area contributed by atoms with Gasteiger partial charge >= 0.3 is 0 Å². The van der Waals surface area contributed by atoms with E-state index >= 15 is 0 Å². The fourth-order valence-corrected chi connectivity index (χ4v) is 2.81. The molecule has 1 aromatic carbocycles. The molecule has 1 atom stereocenters. The molecule has 0 aliphatic rings. The molecule has 8 heteroatoms. The number of anilines is 1. The number of hydrogen-bond acceptors (Lipinski definition) is 3. The van der Waals surface area contributed by atoms with E-state index < -0.39 is 6.04 Å². The maximum atomic E-state index is 13.7. The van der Waals surface area contributed by atoms with Crippen LogP contribution in [-0.4, -0.2) is 25.5 Å². The second-order valence-electron chi connectivity index (χ2n) is 5.54. The molecule has 0 spiro atoms. The van der Waals surface area contributed by atoms with Gasteiger partial charge in [0.2, 0.25) is 5.91 Å². The van der Waals surface area contributed by atoms with Gasteiger partial charge in [0, 0.05) is 24.0 Å². The van der Waals surface area contributed by atoms with Crippen LogP contribution in [0.15, 0.2) is 53.4 Å². The van der Waals surface area contributed by atoms with Gasteiger partial charge in [-0.25, -0.2) is 4.39 Å². The Morgan fingerprint density at radius 3 is 2.84 bits per heavy atom. The maximum absolute atomic E-state index is 13.7. The predicted octanol–water partition coefficient (Wildman–Crippen LogP) is 3.62. The fourth-order valence-electron chi connectivity index (χ4n) is 2.50. The second kappa shape index (κ2) is 7.60. The van der Waals surface area contributed by atoms with Gasteiger partial charge in [0.25, 0.3) is 0 Å². The number of rotatable bonds is 6. The molecule has 0 saturated heterocycles. The number of hydrogen-bond donors (Lipinski definition) is 1. The first kappa shape index (κ1) is 17.3. The summed E-state index contributed by atoms with van der Waals surface area (Å²) in [6.07, 6.45) is 5.69. The number of aromatic nitrogens is 4. The molecule has 1 amide bonds. The average molecular weight is 406 g/mol. The number of nitrogens with one attached hydrogen (secondary N) is 1. The standard InChI is InChI=1S/C17H17BrFN5O/c1-2-15(24-11-13(18)9-20-24)17(25)21-16-7-8-23(22-16)10-12-5-3-4-6-14(12)19/h3-9,11,15H,2,10H2,1H3,(H,21,22,25). The van der Waals surface area contributed by atoms with Crippen molar-refractivity contribution in [2.24, 2.45) is 0 Å². The van der Waals surface area contributed by atoms with E-state index in [1.807, 2.05) is 6.92 Å². The Hall–Kier alpha value is -2.48. The van der Waals surface area contributed by atoms with Crippen LogP contribution < -0.4 is 5.32 Å². The molecule has 2 heterocycles. The van der Waals surface area contributed by atoms with Gasteiger partial charge in [-0.05, 0) is 28.4 Å². The molecule has 0 aliphatic heterocycles. The van der Waals surface area contributed by atoms with Crippen molar-refractivity contribution in [1.29, 1.82) is 0 Å². The van der Waals surface area contributed by atoms with E-state index in [9.17, 15) is 9.18 Å². The summed E-state index contributed by atoms with van der Waals surface area (Å²) in [6, 6.07) is 7.80. The molecule has 1 N–H and O–H groups in total. The lowest BCUT2D eigenvalue weighted by Gasteiger charge is -2.14. The number of amides is 1. The van der Waals surface area contributed by atoms with Crippen LogP contribution in [-0.2, 0) is 11.3 Å². The number of benzene rings is 1. The number of halogens is 2. The zero-order valence-electron chi connectivity index (χ0n) is 13.6. The first-order valence-corrected chi connectivity index (χ1v) is 8.63. The van der Waals surface area contributed by atoms with Crippen molar-refractivity contribution in [3.8, 4) is 0 Å². The summed E-state index contributed by atoms with van der Waals surface area (Å²) in [5, 5.41) is 11.2. The fraction of sp³-hybridized carbons (Fsp3) is 0.235. The highest BCUT2D eigenvalue weighted by Gasteiger charge is 2.20. The maximum Gasteiger partial charge on any atom is 0.250 e. The average Bonchev–Trinajstić information content (AvgIpc) is 3.20. The summed E-state index contributed by atoms with van der Waals surface area (Å²) in [4.78, 5) is 12.5. The first-order chi connectivity index (χ1) is 12.1. The largest absolute Gasteiger partial charge is 0.307 e. The number of carbonyl (C=O) groups excluding carboxylic acids is 1. The summed E-state index contributed by atoms with van der Waals surface area (Å²) >= 11 is 3.32. The third kappa shape index (κ3) is 4.14. The molecule has 6 nitrogen and oxygen atoms in total. The van der Waals surface area contributed by atoms with E-state index in [1.165, 1.54) is 6.07 Å². The summed E-state index contributed by atoms with van der Waals surface area (Å²) < 4.78 is 17.7. The van der Waals surface area contributed by atoms with E-state index in [1.54, 1.807) is 52.2 Å². The van der Waals surface area contributed by atoms with Gasteiger partial charge in [-0.2, -0.15) is 10.2 Å². The zero-order chi connectivity index (χ0) is 17.8.